The second-order valence-corrected chi connectivity index (χ2v) is 4.13. The summed E-state index contributed by atoms with van der Waals surface area (Å²) in [6, 6.07) is 12.4. The Balaban J connectivity index is 2.04. The largest absolute Gasteiger partial charge is 0.287 e. The van der Waals surface area contributed by atoms with Gasteiger partial charge in [-0.2, -0.15) is 5.12 Å². The van der Waals surface area contributed by atoms with Crippen LogP contribution in [0.4, 0.5) is 0 Å². The van der Waals surface area contributed by atoms with E-state index in [1.165, 1.54) is 12.4 Å². The zero-order valence-corrected chi connectivity index (χ0v) is 10.8. The van der Waals surface area contributed by atoms with Crippen molar-refractivity contribution in [3.63, 3.8) is 0 Å². The van der Waals surface area contributed by atoms with Gasteiger partial charge in [0.1, 0.15) is 4.99 Å². The molecule has 0 aliphatic rings. The predicted molar refractivity (Wildman–Crippen MR) is 75.9 cm³/mol. The molecule has 1 aromatic carbocycles. The van der Waals surface area contributed by atoms with Gasteiger partial charge in [-0.15, -0.1) is 0 Å². The molecular weight excluding hydrogens is 260 g/mol. The second-order valence-electron chi connectivity index (χ2n) is 3.72. The van der Waals surface area contributed by atoms with Gasteiger partial charge in [-0.05, 0) is 12.1 Å². The zero-order valence-electron chi connectivity index (χ0n) is 9.98. The van der Waals surface area contributed by atoms with Crippen LogP contribution in [0.25, 0.3) is 0 Å². The molecule has 0 atom stereocenters. The molecule has 0 saturated carbocycles. The van der Waals surface area contributed by atoms with Crippen molar-refractivity contribution in [2.45, 2.75) is 0 Å². The van der Waals surface area contributed by atoms with Crippen LogP contribution < -0.4 is 11.3 Å². The van der Waals surface area contributed by atoms with Crippen LogP contribution in [0.3, 0.4) is 0 Å². The van der Waals surface area contributed by atoms with Crippen LogP contribution in [0.1, 0.15) is 15.9 Å². The van der Waals surface area contributed by atoms with Crippen molar-refractivity contribution in [3.8, 4) is 0 Å². The number of hydrazine groups is 2. The van der Waals surface area contributed by atoms with Crippen LogP contribution in [-0.2, 0) is 0 Å². The molecule has 0 unspecified atom stereocenters. The van der Waals surface area contributed by atoms with Crippen LogP contribution in [0.15, 0.2) is 54.9 Å². The third kappa shape index (κ3) is 3.34. The number of hydrogen-bond donors (Lipinski definition) is 2. The van der Waals surface area contributed by atoms with Gasteiger partial charge in [0.2, 0.25) is 0 Å². The Labute approximate surface area is 116 Å². The third-order valence-corrected chi connectivity index (χ3v) is 2.73. The lowest BCUT2D eigenvalue weighted by Crippen LogP contribution is -2.50. The number of hydrogen-bond acceptors (Lipinski definition) is 4. The molecule has 1 aromatic heterocycles. The fourth-order valence-corrected chi connectivity index (χ4v) is 1.68. The van der Waals surface area contributed by atoms with Crippen molar-refractivity contribution in [1.82, 2.24) is 15.5 Å². The first kappa shape index (κ1) is 13.1. The van der Waals surface area contributed by atoms with Gasteiger partial charge in [0.15, 0.2) is 0 Å². The fourth-order valence-electron chi connectivity index (χ4n) is 1.45. The van der Waals surface area contributed by atoms with Gasteiger partial charge in [-0.3, -0.25) is 15.2 Å². The first-order valence-corrected chi connectivity index (χ1v) is 5.94. The summed E-state index contributed by atoms with van der Waals surface area (Å²) >= 11 is 5.17. The molecule has 1 heterocycles. The molecule has 3 N–H and O–H groups in total. The Kier molecular flexibility index (Phi) is 4.17. The number of carbonyl (C=O) groups is 1. The lowest BCUT2D eigenvalue weighted by molar-refractivity contribution is 0.0712. The van der Waals surface area contributed by atoms with Crippen molar-refractivity contribution >= 4 is 23.1 Å². The predicted octanol–water partition coefficient (Wildman–Crippen LogP) is 1.28. The molecule has 0 fully saturated rings. The standard InChI is InChI=1S/C13H12N4OS/c14-17(13(18)11-6-8-15-9-7-11)16-12(19)10-4-2-1-3-5-10/h1-9H,14H2,(H,16,19). The summed E-state index contributed by atoms with van der Waals surface area (Å²) in [6.07, 6.45) is 3.05. The molecule has 19 heavy (non-hydrogen) atoms. The Bertz CT molecular complexity index is 574. The van der Waals surface area contributed by atoms with E-state index in [4.69, 9.17) is 18.1 Å². The number of carbonyl (C=O) groups excluding carboxylic acids is 1. The van der Waals surface area contributed by atoms with Gasteiger partial charge in [-0.1, -0.05) is 42.5 Å². The number of nitrogens with zero attached hydrogens (tertiary/aromatic N) is 2. The molecular formula is C13H12N4OS. The highest BCUT2D eigenvalue weighted by Gasteiger charge is 2.13. The third-order valence-electron chi connectivity index (χ3n) is 2.40. The lowest BCUT2D eigenvalue weighted by Gasteiger charge is -2.19. The van der Waals surface area contributed by atoms with Gasteiger partial charge in [0.05, 0.1) is 0 Å². The average Bonchev–Trinajstić information content (AvgIpc) is 2.48. The fraction of sp³-hybridized carbons (Fsp3) is 0. The molecule has 0 radical (unpaired) electrons. The normalized spacial score (nSPS) is 9.74. The van der Waals surface area contributed by atoms with E-state index in [9.17, 15) is 4.79 Å². The monoisotopic (exact) mass is 272 g/mol. The van der Waals surface area contributed by atoms with Gasteiger partial charge in [-0.25, -0.2) is 5.84 Å². The SMILES string of the molecule is NN(NC(=S)c1ccccc1)C(=O)c1ccncc1. The number of benzene rings is 1. The number of nitrogens with two attached hydrogens (primary N) is 1. The summed E-state index contributed by atoms with van der Waals surface area (Å²) < 4.78 is 0. The molecule has 1 amide bonds. The molecule has 0 aliphatic carbocycles. The number of thiocarbonyl (C=S) groups is 1. The molecule has 2 aromatic rings. The first-order valence-electron chi connectivity index (χ1n) is 5.53. The van der Waals surface area contributed by atoms with E-state index in [1.807, 2.05) is 30.3 Å². The zero-order chi connectivity index (χ0) is 13.7. The number of rotatable bonds is 2. The Morgan fingerprint density at radius 3 is 2.37 bits per heavy atom. The molecule has 6 heteroatoms. The molecule has 0 bridgehead atoms. The van der Waals surface area contributed by atoms with Crippen molar-refractivity contribution < 1.29 is 4.79 Å². The van der Waals surface area contributed by atoms with Gasteiger partial charge in [0, 0.05) is 23.5 Å². The number of nitrogens with one attached hydrogen (secondary N) is 1. The van der Waals surface area contributed by atoms with Gasteiger partial charge >= 0.3 is 0 Å². The van der Waals surface area contributed by atoms with Crippen LogP contribution in [0.5, 0.6) is 0 Å². The average molecular weight is 272 g/mol. The van der Waals surface area contributed by atoms with E-state index in [1.54, 1.807) is 12.1 Å². The van der Waals surface area contributed by atoms with Crippen LogP contribution in [-0.4, -0.2) is 21.0 Å². The Morgan fingerprint density at radius 1 is 1.11 bits per heavy atom. The van der Waals surface area contributed by atoms with E-state index in [2.05, 4.69) is 10.4 Å². The van der Waals surface area contributed by atoms with E-state index in [0.29, 0.717) is 10.6 Å². The quantitative estimate of drug-likeness (QED) is 0.373. The summed E-state index contributed by atoms with van der Waals surface area (Å²) in [7, 11) is 0. The minimum Gasteiger partial charge on any atom is -0.270 e. The van der Waals surface area contributed by atoms with E-state index >= 15 is 0 Å². The number of amides is 1. The van der Waals surface area contributed by atoms with Crippen molar-refractivity contribution in [2.75, 3.05) is 0 Å². The van der Waals surface area contributed by atoms with Crippen LogP contribution in [0.2, 0.25) is 0 Å². The molecule has 96 valence electrons. The van der Waals surface area contributed by atoms with Crippen LogP contribution >= 0.6 is 12.2 Å². The highest BCUT2D eigenvalue weighted by atomic mass is 32.1. The van der Waals surface area contributed by atoms with Crippen molar-refractivity contribution in [2.24, 2.45) is 5.84 Å². The molecule has 0 spiro atoms. The number of pyridine rings is 1. The van der Waals surface area contributed by atoms with E-state index < -0.39 is 0 Å². The summed E-state index contributed by atoms with van der Waals surface area (Å²) in [4.78, 5) is 16.2. The molecule has 0 aliphatic heterocycles. The highest BCUT2D eigenvalue weighted by Crippen LogP contribution is 2.02. The van der Waals surface area contributed by atoms with Crippen LogP contribution in [0, 0.1) is 0 Å². The smallest absolute Gasteiger partial charge is 0.270 e. The minimum atomic E-state index is -0.388. The summed E-state index contributed by atoms with van der Waals surface area (Å²) in [6.45, 7) is 0. The molecule has 5 nitrogen and oxygen atoms in total. The molecule has 0 saturated heterocycles. The van der Waals surface area contributed by atoms with E-state index in [-0.39, 0.29) is 5.91 Å². The minimum absolute atomic E-state index is 0.380. The topological polar surface area (TPSA) is 71.2 Å². The van der Waals surface area contributed by atoms with Gasteiger partial charge < -0.3 is 0 Å². The summed E-state index contributed by atoms with van der Waals surface area (Å²) in [5.74, 6) is 5.26. The number of aromatic nitrogens is 1. The maximum absolute atomic E-state index is 12.0. The summed E-state index contributed by atoms with van der Waals surface area (Å²) in [5.41, 5.74) is 3.89. The molecule has 2 rings (SSSR count). The van der Waals surface area contributed by atoms with E-state index in [0.717, 1.165) is 10.7 Å². The lowest BCUT2D eigenvalue weighted by atomic mass is 10.2. The van der Waals surface area contributed by atoms with Gasteiger partial charge in [0.25, 0.3) is 5.91 Å². The van der Waals surface area contributed by atoms with Crippen molar-refractivity contribution in [1.29, 1.82) is 0 Å². The summed E-state index contributed by atoms with van der Waals surface area (Å²) in [5, 5.41) is 0.866. The maximum atomic E-state index is 12.0. The maximum Gasteiger partial charge on any atom is 0.287 e. The Hall–Kier alpha value is -2.31. The van der Waals surface area contributed by atoms with Crippen molar-refractivity contribution in [3.05, 3.63) is 66.0 Å². The highest BCUT2D eigenvalue weighted by molar-refractivity contribution is 7.80. The Morgan fingerprint density at radius 2 is 1.74 bits per heavy atom. The first-order chi connectivity index (χ1) is 9.18. The second kappa shape index (κ2) is 6.03.